The molecule has 0 aliphatic carbocycles. The van der Waals surface area contributed by atoms with Crippen LogP contribution in [-0.4, -0.2) is 35.5 Å². The molecule has 0 spiro atoms. The van der Waals surface area contributed by atoms with Crippen molar-refractivity contribution in [2.45, 2.75) is 6.54 Å². The maximum absolute atomic E-state index is 10.9. The van der Waals surface area contributed by atoms with E-state index in [1.165, 1.54) is 0 Å². The highest BCUT2D eigenvalue weighted by molar-refractivity contribution is 7.87. The molecule has 3 rings (SSSR count). The van der Waals surface area contributed by atoms with Gasteiger partial charge in [0.2, 0.25) is 0 Å². The van der Waals surface area contributed by atoms with Gasteiger partial charge in [0.1, 0.15) is 11.3 Å². The fourth-order valence-electron chi connectivity index (χ4n) is 2.03. The molecule has 0 unspecified atom stereocenters. The second kappa shape index (κ2) is 5.91. The van der Waals surface area contributed by atoms with Gasteiger partial charge in [-0.15, -0.1) is 5.10 Å². The van der Waals surface area contributed by atoms with Crippen LogP contribution in [0.15, 0.2) is 36.5 Å². The summed E-state index contributed by atoms with van der Waals surface area (Å²) in [5, 5.41) is 13.0. The lowest BCUT2D eigenvalue weighted by atomic mass is 10.2. The van der Waals surface area contributed by atoms with E-state index in [-0.39, 0.29) is 6.54 Å². The molecule has 0 bridgehead atoms. The van der Waals surface area contributed by atoms with E-state index in [9.17, 15) is 8.42 Å². The molecule has 0 aliphatic rings. The molecule has 3 aromatic rings. The van der Waals surface area contributed by atoms with Gasteiger partial charge in [-0.2, -0.15) is 17.8 Å². The number of rotatable bonds is 5. The molecule has 0 atom stereocenters. The summed E-state index contributed by atoms with van der Waals surface area (Å²) < 4.78 is 30.7. The van der Waals surface area contributed by atoms with E-state index in [0.717, 1.165) is 5.52 Å². The van der Waals surface area contributed by atoms with Crippen molar-refractivity contribution in [2.75, 3.05) is 7.11 Å². The van der Waals surface area contributed by atoms with Crippen LogP contribution < -0.4 is 14.6 Å². The summed E-state index contributed by atoms with van der Waals surface area (Å²) in [5.74, 6) is 1.26. The zero-order chi connectivity index (χ0) is 16.4. The Morgan fingerprint density at radius 3 is 2.78 bits per heavy atom. The van der Waals surface area contributed by atoms with Crippen molar-refractivity contribution >= 4 is 21.2 Å². The normalized spacial score (nSPS) is 11.7. The molecule has 0 amide bonds. The third-order valence-corrected chi connectivity index (χ3v) is 3.70. The quantitative estimate of drug-likeness (QED) is 0.682. The lowest BCUT2D eigenvalue weighted by molar-refractivity contribution is 0.415. The van der Waals surface area contributed by atoms with Gasteiger partial charge in [-0.05, 0) is 23.8 Å². The first kappa shape index (κ1) is 15.3. The Bertz CT molecular complexity index is 936. The number of hydrogen-bond donors (Lipinski definition) is 2. The summed E-state index contributed by atoms with van der Waals surface area (Å²) in [6, 6.07) is 8.89. The fourth-order valence-corrected chi connectivity index (χ4v) is 2.40. The van der Waals surface area contributed by atoms with Gasteiger partial charge in [-0.1, -0.05) is 11.3 Å². The minimum Gasteiger partial charge on any atom is -0.497 e. The zero-order valence-electron chi connectivity index (χ0n) is 12.2. The van der Waals surface area contributed by atoms with Gasteiger partial charge in [0.15, 0.2) is 5.82 Å². The standard InChI is InChI=1S/C13H14N6O3S/c1-22-10-3-4-12-11(6-10)17-18-19(12)13-5-2-9(7-15-13)8-16-23(14,20)21/h2-7,16H,8H2,1H3,(H2,14,20,21). The van der Waals surface area contributed by atoms with Crippen molar-refractivity contribution in [1.29, 1.82) is 0 Å². The van der Waals surface area contributed by atoms with Crippen molar-refractivity contribution < 1.29 is 13.2 Å². The highest BCUT2D eigenvalue weighted by atomic mass is 32.2. The molecular weight excluding hydrogens is 320 g/mol. The molecule has 0 aliphatic heterocycles. The van der Waals surface area contributed by atoms with Gasteiger partial charge in [-0.3, -0.25) is 0 Å². The topological polar surface area (TPSA) is 125 Å². The van der Waals surface area contributed by atoms with E-state index >= 15 is 0 Å². The number of pyridine rings is 1. The number of nitrogens with one attached hydrogen (secondary N) is 1. The SMILES string of the molecule is COc1ccc2c(c1)nnn2-c1ccc(CNS(N)(=O)=O)cn1. The van der Waals surface area contributed by atoms with Crippen LogP contribution in [0.1, 0.15) is 5.56 Å². The summed E-state index contributed by atoms with van der Waals surface area (Å²) in [6.45, 7) is 0.0709. The number of aromatic nitrogens is 4. The Morgan fingerprint density at radius 2 is 2.13 bits per heavy atom. The van der Waals surface area contributed by atoms with Crippen molar-refractivity contribution in [1.82, 2.24) is 24.7 Å². The Morgan fingerprint density at radius 1 is 1.30 bits per heavy atom. The summed E-state index contributed by atoms with van der Waals surface area (Å²) in [4.78, 5) is 4.27. The largest absolute Gasteiger partial charge is 0.497 e. The minimum atomic E-state index is -3.73. The van der Waals surface area contributed by atoms with E-state index in [0.29, 0.717) is 22.6 Å². The van der Waals surface area contributed by atoms with Gasteiger partial charge in [-0.25, -0.2) is 10.1 Å². The van der Waals surface area contributed by atoms with E-state index in [2.05, 4.69) is 20.0 Å². The van der Waals surface area contributed by atoms with Crippen LogP contribution >= 0.6 is 0 Å². The average Bonchev–Trinajstić information content (AvgIpc) is 2.95. The monoisotopic (exact) mass is 334 g/mol. The van der Waals surface area contributed by atoms with Crippen LogP contribution in [-0.2, 0) is 16.8 Å². The Balaban J connectivity index is 1.87. The first-order valence-electron chi connectivity index (χ1n) is 6.58. The van der Waals surface area contributed by atoms with E-state index in [1.807, 2.05) is 12.1 Å². The summed E-state index contributed by atoms with van der Waals surface area (Å²) in [5.41, 5.74) is 2.15. The molecule has 3 N–H and O–H groups in total. The van der Waals surface area contributed by atoms with Crippen molar-refractivity contribution in [3.8, 4) is 11.6 Å². The number of nitrogens with zero attached hydrogens (tertiary/aromatic N) is 4. The predicted octanol–water partition coefficient (Wildman–Crippen LogP) is 0.117. The number of fused-ring (bicyclic) bond motifs is 1. The van der Waals surface area contributed by atoms with Gasteiger partial charge in [0.05, 0.1) is 12.6 Å². The maximum Gasteiger partial charge on any atom is 0.274 e. The first-order chi connectivity index (χ1) is 11.0. The molecule has 2 aromatic heterocycles. The van der Waals surface area contributed by atoms with Crippen LogP contribution in [0.25, 0.3) is 16.9 Å². The average molecular weight is 334 g/mol. The van der Waals surface area contributed by atoms with Gasteiger partial charge in [0, 0.05) is 18.8 Å². The molecule has 9 nitrogen and oxygen atoms in total. The van der Waals surface area contributed by atoms with Gasteiger partial charge < -0.3 is 4.74 Å². The number of methoxy groups -OCH3 is 1. The number of benzene rings is 1. The zero-order valence-corrected chi connectivity index (χ0v) is 13.0. The second-order valence-electron chi connectivity index (χ2n) is 4.75. The second-order valence-corrected chi connectivity index (χ2v) is 6.13. The third kappa shape index (κ3) is 3.44. The highest BCUT2D eigenvalue weighted by Gasteiger charge is 2.09. The Labute approximate surface area is 132 Å². The van der Waals surface area contributed by atoms with Gasteiger partial charge >= 0.3 is 0 Å². The molecule has 10 heteroatoms. The predicted molar refractivity (Wildman–Crippen MR) is 83.2 cm³/mol. The summed E-state index contributed by atoms with van der Waals surface area (Å²) in [6.07, 6.45) is 1.55. The van der Waals surface area contributed by atoms with Crippen LogP contribution in [0.5, 0.6) is 5.75 Å². The maximum atomic E-state index is 10.9. The van der Waals surface area contributed by atoms with Crippen molar-refractivity contribution in [2.24, 2.45) is 5.14 Å². The smallest absolute Gasteiger partial charge is 0.274 e. The summed E-state index contributed by atoms with van der Waals surface area (Å²) >= 11 is 0. The lowest BCUT2D eigenvalue weighted by Crippen LogP contribution is -2.30. The lowest BCUT2D eigenvalue weighted by Gasteiger charge is -2.05. The first-order valence-corrected chi connectivity index (χ1v) is 8.13. The number of ether oxygens (including phenoxy) is 1. The Hall–Kier alpha value is -2.56. The van der Waals surface area contributed by atoms with Crippen molar-refractivity contribution in [3.63, 3.8) is 0 Å². The minimum absolute atomic E-state index is 0.0709. The fraction of sp³-hybridized carbons (Fsp3) is 0.154. The van der Waals surface area contributed by atoms with Crippen LogP contribution in [0.4, 0.5) is 0 Å². The van der Waals surface area contributed by atoms with E-state index in [4.69, 9.17) is 9.88 Å². The van der Waals surface area contributed by atoms with Crippen LogP contribution in [0.3, 0.4) is 0 Å². The molecular formula is C13H14N6O3S. The number of hydrogen-bond acceptors (Lipinski definition) is 6. The molecule has 0 saturated heterocycles. The highest BCUT2D eigenvalue weighted by Crippen LogP contribution is 2.20. The molecule has 0 fully saturated rings. The van der Waals surface area contributed by atoms with Crippen LogP contribution in [0, 0.1) is 0 Å². The Kier molecular flexibility index (Phi) is 3.94. The van der Waals surface area contributed by atoms with E-state index < -0.39 is 10.2 Å². The third-order valence-electron chi connectivity index (χ3n) is 3.16. The number of nitrogens with two attached hydrogens (primary N) is 1. The molecule has 1 aromatic carbocycles. The van der Waals surface area contributed by atoms with Crippen LogP contribution in [0.2, 0.25) is 0 Å². The van der Waals surface area contributed by atoms with Crippen molar-refractivity contribution in [3.05, 3.63) is 42.1 Å². The summed E-state index contributed by atoms with van der Waals surface area (Å²) in [7, 11) is -2.14. The molecule has 23 heavy (non-hydrogen) atoms. The molecule has 0 radical (unpaired) electrons. The molecule has 0 saturated carbocycles. The van der Waals surface area contributed by atoms with E-state index in [1.54, 1.807) is 36.2 Å². The molecule has 2 heterocycles. The molecule has 120 valence electrons. The van der Waals surface area contributed by atoms with Gasteiger partial charge in [0.25, 0.3) is 10.2 Å².